The highest BCUT2D eigenvalue weighted by Gasteiger charge is 2.23. The molecule has 0 fully saturated rings. The molecule has 0 aliphatic rings. The van der Waals surface area contributed by atoms with Crippen LogP contribution in [0, 0.1) is 0 Å². The van der Waals surface area contributed by atoms with E-state index in [1.54, 1.807) is 31.4 Å². The van der Waals surface area contributed by atoms with Gasteiger partial charge in [-0.1, -0.05) is 11.6 Å². The summed E-state index contributed by atoms with van der Waals surface area (Å²) in [4.78, 5) is 13.0. The highest BCUT2D eigenvalue weighted by Crippen LogP contribution is 2.39. The van der Waals surface area contributed by atoms with E-state index < -0.39 is 5.43 Å². The van der Waals surface area contributed by atoms with Crippen LogP contribution in [0.4, 0.5) is 0 Å². The molecular weight excluding hydrogens is 360 g/mol. The molecule has 146 valence electrons. The van der Waals surface area contributed by atoms with Crippen LogP contribution in [-0.4, -0.2) is 24.4 Å². The molecular formula is C22H22O6. The molecule has 0 atom stereocenters. The van der Waals surface area contributed by atoms with Crippen molar-refractivity contribution in [2.45, 2.75) is 20.3 Å². The maximum absolute atomic E-state index is 13.0. The Balaban J connectivity index is 2.37. The van der Waals surface area contributed by atoms with Crippen molar-refractivity contribution in [2.75, 3.05) is 14.2 Å². The molecule has 1 aromatic heterocycles. The Kier molecular flexibility index (Phi) is 5.31. The van der Waals surface area contributed by atoms with E-state index in [-0.39, 0.29) is 34.0 Å². The van der Waals surface area contributed by atoms with Gasteiger partial charge in [-0.25, -0.2) is 0 Å². The second kappa shape index (κ2) is 7.68. The molecule has 0 amide bonds. The molecule has 2 N–H and O–H groups in total. The summed E-state index contributed by atoms with van der Waals surface area (Å²) < 4.78 is 16.5. The van der Waals surface area contributed by atoms with Gasteiger partial charge in [-0.05, 0) is 44.5 Å². The third kappa shape index (κ3) is 3.41. The fourth-order valence-electron chi connectivity index (χ4n) is 2.99. The monoisotopic (exact) mass is 382 g/mol. The number of phenolic OH excluding ortho intramolecular Hbond substituents is 2. The van der Waals surface area contributed by atoms with Crippen molar-refractivity contribution in [3.05, 3.63) is 57.8 Å². The lowest BCUT2D eigenvalue weighted by molar-refractivity contribution is 0.396. The number of benzene rings is 2. The molecule has 28 heavy (non-hydrogen) atoms. The van der Waals surface area contributed by atoms with Crippen molar-refractivity contribution in [1.29, 1.82) is 0 Å². The molecule has 1 heterocycles. The molecule has 3 rings (SSSR count). The average molecular weight is 382 g/mol. The van der Waals surface area contributed by atoms with Gasteiger partial charge in [0.2, 0.25) is 11.2 Å². The van der Waals surface area contributed by atoms with Crippen LogP contribution in [-0.2, 0) is 6.42 Å². The summed E-state index contributed by atoms with van der Waals surface area (Å²) in [6.45, 7) is 3.86. The van der Waals surface area contributed by atoms with Crippen LogP contribution in [0.15, 0.2) is 51.2 Å². The van der Waals surface area contributed by atoms with Crippen LogP contribution >= 0.6 is 0 Å². The molecule has 0 bridgehead atoms. The number of aromatic hydroxyl groups is 2. The molecule has 0 saturated carbocycles. The van der Waals surface area contributed by atoms with Crippen molar-refractivity contribution < 1.29 is 24.1 Å². The third-order valence-corrected chi connectivity index (χ3v) is 4.45. The standard InChI is InChI=1S/C22H22O6/c1-12(2)5-10-15-16(23)11-17(24)18-19(25)22(27-4)20(28-21(15)18)13-6-8-14(26-3)9-7-13/h5-9,11,23-24H,10H2,1-4H3. The minimum atomic E-state index is -0.509. The molecule has 2 aromatic carbocycles. The van der Waals surface area contributed by atoms with Crippen LogP contribution in [0.25, 0.3) is 22.3 Å². The summed E-state index contributed by atoms with van der Waals surface area (Å²) in [5.74, 6) is 0.349. The smallest absolute Gasteiger partial charge is 0.239 e. The Morgan fingerprint density at radius 1 is 1.07 bits per heavy atom. The molecule has 0 saturated heterocycles. The zero-order chi connectivity index (χ0) is 20.4. The van der Waals surface area contributed by atoms with Gasteiger partial charge in [-0.3, -0.25) is 4.79 Å². The summed E-state index contributed by atoms with van der Waals surface area (Å²) in [5.41, 5.74) is 1.69. The lowest BCUT2D eigenvalue weighted by Crippen LogP contribution is -2.09. The van der Waals surface area contributed by atoms with Crippen LogP contribution in [0.2, 0.25) is 0 Å². The fourth-order valence-corrected chi connectivity index (χ4v) is 2.99. The maximum Gasteiger partial charge on any atom is 0.239 e. The first-order valence-corrected chi connectivity index (χ1v) is 8.73. The highest BCUT2D eigenvalue weighted by molar-refractivity contribution is 5.91. The third-order valence-electron chi connectivity index (χ3n) is 4.45. The van der Waals surface area contributed by atoms with Crippen molar-refractivity contribution in [2.24, 2.45) is 0 Å². The predicted octanol–water partition coefficient (Wildman–Crippen LogP) is 4.40. The normalized spacial score (nSPS) is 10.7. The van der Waals surface area contributed by atoms with Crippen molar-refractivity contribution >= 4 is 11.0 Å². The first-order valence-electron chi connectivity index (χ1n) is 8.73. The van der Waals surface area contributed by atoms with E-state index in [4.69, 9.17) is 13.9 Å². The lowest BCUT2D eigenvalue weighted by Gasteiger charge is -2.13. The Morgan fingerprint density at radius 2 is 1.75 bits per heavy atom. The van der Waals surface area contributed by atoms with E-state index in [1.165, 1.54) is 7.11 Å². The highest BCUT2D eigenvalue weighted by atomic mass is 16.5. The summed E-state index contributed by atoms with van der Waals surface area (Å²) in [6.07, 6.45) is 2.26. The lowest BCUT2D eigenvalue weighted by atomic mass is 10.0. The summed E-state index contributed by atoms with van der Waals surface area (Å²) in [6, 6.07) is 8.11. The van der Waals surface area contributed by atoms with E-state index in [2.05, 4.69) is 0 Å². The Labute approximate surface area is 162 Å². The van der Waals surface area contributed by atoms with Crippen molar-refractivity contribution in [1.82, 2.24) is 0 Å². The van der Waals surface area contributed by atoms with Gasteiger partial charge in [0.05, 0.1) is 14.2 Å². The molecule has 0 radical (unpaired) electrons. The van der Waals surface area contributed by atoms with Gasteiger partial charge in [-0.2, -0.15) is 0 Å². The Morgan fingerprint density at radius 3 is 2.32 bits per heavy atom. The number of ether oxygens (including phenoxy) is 2. The molecule has 0 spiro atoms. The van der Waals surface area contributed by atoms with Gasteiger partial charge >= 0.3 is 0 Å². The van der Waals surface area contributed by atoms with Gasteiger partial charge in [-0.15, -0.1) is 0 Å². The maximum atomic E-state index is 13.0. The van der Waals surface area contributed by atoms with Crippen LogP contribution in [0.1, 0.15) is 19.4 Å². The van der Waals surface area contributed by atoms with Gasteiger partial charge in [0, 0.05) is 17.2 Å². The quantitative estimate of drug-likeness (QED) is 0.636. The molecule has 0 unspecified atom stereocenters. The van der Waals surface area contributed by atoms with E-state index in [0.717, 1.165) is 11.6 Å². The van der Waals surface area contributed by atoms with Crippen LogP contribution in [0.5, 0.6) is 23.0 Å². The van der Waals surface area contributed by atoms with E-state index in [9.17, 15) is 15.0 Å². The first-order chi connectivity index (χ1) is 13.4. The first kappa shape index (κ1) is 19.4. The van der Waals surface area contributed by atoms with Crippen LogP contribution < -0.4 is 14.9 Å². The van der Waals surface area contributed by atoms with E-state index in [1.807, 2.05) is 19.9 Å². The second-order valence-electron chi connectivity index (χ2n) is 6.61. The molecule has 6 nitrogen and oxygen atoms in total. The number of hydrogen-bond donors (Lipinski definition) is 2. The van der Waals surface area contributed by atoms with E-state index in [0.29, 0.717) is 23.3 Å². The topological polar surface area (TPSA) is 89.1 Å². The van der Waals surface area contributed by atoms with Crippen molar-refractivity contribution in [3.8, 4) is 34.3 Å². The number of rotatable bonds is 5. The minimum Gasteiger partial charge on any atom is -0.507 e. The molecule has 0 aliphatic heterocycles. The molecule has 3 aromatic rings. The number of hydrogen-bond acceptors (Lipinski definition) is 6. The zero-order valence-corrected chi connectivity index (χ0v) is 16.2. The predicted molar refractivity (Wildman–Crippen MR) is 107 cm³/mol. The number of phenols is 2. The van der Waals surface area contributed by atoms with E-state index >= 15 is 0 Å². The Bertz CT molecular complexity index is 1100. The van der Waals surface area contributed by atoms with Crippen LogP contribution in [0.3, 0.4) is 0 Å². The average Bonchev–Trinajstić information content (AvgIpc) is 2.67. The fraction of sp³-hybridized carbons (Fsp3) is 0.227. The second-order valence-corrected chi connectivity index (χ2v) is 6.61. The molecule has 6 heteroatoms. The molecule has 0 aliphatic carbocycles. The summed E-state index contributed by atoms with van der Waals surface area (Å²) >= 11 is 0. The minimum absolute atomic E-state index is 0.0215. The van der Waals surface area contributed by atoms with Gasteiger partial charge in [0.15, 0.2) is 5.76 Å². The van der Waals surface area contributed by atoms with Gasteiger partial charge in [0.25, 0.3) is 0 Å². The van der Waals surface area contributed by atoms with Crippen molar-refractivity contribution in [3.63, 3.8) is 0 Å². The van der Waals surface area contributed by atoms with Gasteiger partial charge < -0.3 is 24.1 Å². The number of fused-ring (bicyclic) bond motifs is 1. The largest absolute Gasteiger partial charge is 0.507 e. The number of allylic oxidation sites excluding steroid dienone is 2. The SMILES string of the molecule is COc1ccc(-c2oc3c(CC=C(C)C)c(O)cc(O)c3c(=O)c2OC)cc1. The Hall–Kier alpha value is -3.41. The number of methoxy groups -OCH3 is 2. The summed E-state index contributed by atoms with van der Waals surface area (Å²) in [7, 11) is 2.93. The summed E-state index contributed by atoms with van der Waals surface area (Å²) in [5, 5.41) is 20.6. The zero-order valence-electron chi connectivity index (χ0n) is 16.2. The van der Waals surface area contributed by atoms with Gasteiger partial charge in [0.1, 0.15) is 28.2 Å².